The lowest BCUT2D eigenvalue weighted by atomic mass is 9.75. The van der Waals surface area contributed by atoms with Gasteiger partial charge in [-0.3, -0.25) is 0 Å². The second-order valence-electron chi connectivity index (χ2n) is 7.36. The van der Waals surface area contributed by atoms with E-state index in [0.717, 1.165) is 11.8 Å². The first-order chi connectivity index (χ1) is 11.8. The van der Waals surface area contributed by atoms with E-state index in [1.807, 2.05) is 18.2 Å². The summed E-state index contributed by atoms with van der Waals surface area (Å²) in [5.41, 5.74) is 0.987. The number of benzene rings is 1. The minimum Gasteiger partial charge on any atom is -0.444 e. The summed E-state index contributed by atoms with van der Waals surface area (Å²) in [5.74, 6) is -0.287. The maximum absolute atomic E-state index is 11.9. The third-order valence-corrected chi connectivity index (χ3v) is 4.29. The fraction of sp³-hybridized carbons (Fsp3) is 0.526. The molecule has 0 bridgehead atoms. The number of ether oxygens (including phenoxy) is 1. The lowest BCUT2D eigenvalue weighted by Crippen LogP contribution is -2.48. The molecule has 0 spiro atoms. The zero-order valence-corrected chi connectivity index (χ0v) is 14.9. The topological polar surface area (TPSA) is 91.2 Å². The Hall–Kier alpha value is -2.39. The molecule has 0 radical (unpaired) electrons. The number of nitrogens with one attached hydrogen (secondary N) is 2. The Labute approximate surface area is 148 Å². The molecule has 1 aliphatic rings. The number of amides is 1. The summed E-state index contributed by atoms with van der Waals surface area (Å²) in [4.78, 5) is 23.6. The zero-order chi connectivity index (χ0) is 18.4. The van der Waals surface area contributed by atoms with Crippen molar-refractivity contribution >= 4 is 12.4 Å². The summed E-state index contributed by atoms with van der Waals surface area (Å²) in [6.07, 6.45) is 0.483. The van der Waals surface area contributed by atoms with Crippen molar-refractivity contribution in [2.24, 2.45) is 11.8 Å². The molecule has 1 fully saturated rings. The van der Waals surface area contributed by atoms with Crippen LogP contribution in [0, 0.1) is 23.2 Å². The predicted molar refractivity (Wildman–Crippen MR) is 94.0 cm³/mol. The third kappa shape index (κ3) is 5.30. The van der Waals surface area contributed by atoms with Crippen molar-refractivity contribution in [1.82, 2.24) is 10.6 Å². The Kier molecular flexibility index (Phi) is 6.16. The van der Waals surface area contributed by atoms with Crippen molar-refractivity contribution in [2.45, 2.75) is 32.3 Å². The van der Waals surface area contributed by atoms with Gasteiger partial charge in [-0.15, -0.1) is 0 Å². The van der Waals surface area contributed by atoms with E-state index in [1.165, 1.54) is 0 Å². The quantitative estimate of drug-likeness (QED) is 0.818. The van der Waals surface area contributed by atoms with Gasteiger partial charge < -0.3 is 20.2 Å². The molecule has 2 N–H and O–H groups in total. The number of alkyl carbamates (subject to hydrolysis) is 1. The molecule has 0 aliphatic carbocycles. The molecular formula is C19H25N3O3. The Morgan fingerprint density at radius 3 is 2.84 bits per heavy atom. The number of piperidine rings is 1. The van der Waals surface area contributed by atoms with Crippen molar-refractivity contribution < 1.29 is 14.3 Å². The van der Waals surface area contributed by atoms with Crippen molar-refractivity contribution in [3.8, 4) is 6.07 Å². The van der Waals surface area contributed by atoms with Crippen LogP contribution in [0.4, 0.5) is 4.79 Å². The standard InChI is InChI=1S/C19H25N3O3/c1-19(2,3)25-18(24)22-10-15-9-21-11-16(17(15)12-23)14-6-4-5-13(7-14)8-20/h4-7,12,15-17,21H,9-11H2,1-3H3,(H,22,24). The summed E-state index contributed by atoms with van der Waals surface area (Å²) in [6, 6.07) is 9.47. The normalized spacial score (nSPS) is 23.4. The highest BCUT2D eigenvalue weighted by Gasteiger charge is 2.34. The van der Waals surface area contributed by atoms with Crippen molar-refractivity contribution in [3.05, 3.63) is 35.4 Å². The van der Waals surface area contributed by atoms with E-state index < -0.39 is 11.7 Å². The van der Waals surface area contributed by atoms with Crippen molar-refractivity contribution in [1.29, 1.82) is 5.26 Å². The molecule has 1 saturated heterocycles. The average Bonchev–Trinajstić information content (AvgIpc) is 2.58. The minimum absolute atomic E-state index is 0.0232. The summed E-state index contributed by atoms with van der Waals surface area (Å²) < 4.78 is 5.24. The molecule has 1 aromatic carbocycles. The molecule has 1 aromatic rings. The van der Waals surface area contributed by atoms with Crippen LogP contribution in [0.25, 0.3) is 0 Å². The molecule has 134 valence electrons. The molecule has 1 amide bonds. The van der Waals surface area contributed by atoms with E-state index in [0.29, 0.717) is 25.2 Å². The summed E-state index contributed by atoms with van der Waals surface area (Å²) in [5, 5.41) is 15.2. The zero-order valence-electron chi connectivity index (χ0n) is 14.9. The lowest BCUT2D eigenvalue weighted by molar-refractivity contribution is -0.113. The van der Waals surface area contributed by atoms with Crippen LogP contribution in [0.15, 0.2) is 24.3 Å². The molecule has 1 aliphatic heterocycles. The van der Waals surface area contributed by atoms with Crippen LogP contribution in [0.3, 0.4) is 0 Å². The summed E-state index contributed by atoms with van der Waals surface area (Å²) in [6.45, 7) is 7.10. The first-order valence-electron chi connectivity index (χ1n) is 8.47. The number of carbonyl (C=O) groups excluding carboxylic acids is 2. The molecule has 1 heterocycles. The number of carbonyl (C=O) groups is 2. The lowest BCUT2D eigenvalue weighted by Gasteiger charge is -2.36. The molecule has 6 heteroatoms. The molecule has 3 unspecified atom stereocenters. The maximum atomic E-state index is 11.9. The van der Waals surface area contributed by atoms with Crippen LogP contribution in [0.1, 0.15) is 37.8 Å². The summed E-state index contributed by atoms with van der Waals surface area (Å²) in [7, 11) is 0. The first-order valence-corrected chi connectivity index (χ1v) is 8.47. The van der Waals surface area contributed by atoms with Gasteiger partial charge in [0.2, 0.25) is 0 Å². The van der Waals surface area contributed by atoms with Crippen LogP contribution in [0.5, 0.6) is 0 Å². The number of hydrogen-bond acceptors (Lipinski definition) is 5. The van der Waals surface area contributed by atoms with Crippen LogP contribution in [-0.4, -0.2) is 37.6 Å². The van der Waals surface area contributed by atoms with Crippen LogP contribution < -0.4 is 10.6 Å². The first kappa shape index (κ1) is 18.9. The fourth-order valence-corrected chi connectivity index (χ4v) is 3.15. The maximum Gasteiger partial charge on any atom is 0.407 e. The van der Waals surface area contributed by atoms with E-state index in [9.17, 15) is 9.59 Å². The number of rotatable bonds is 4. The van der Waals surface area contributed by atoms with Crippen molar-refractivity contribution in [3.63, 3.8) is 0 Å². The van der Waals surface area contributed by atoms with Gasteiger partial charge in [0.15, 0.2) is 0 Å². The van der Waals surface area contributed by atoms with Crippen LogP contribution in [-0.2, 0) is 9.53 Å². The van der Waals surface area contributed by atoms with E-state index in [-0.39, 0.29) is 17.8 Å². The Balaban J connectivity index is 2.06. The van der Waals surface area contributed by atoms with Gasteiger partial charge in [-0.2, -0.15) is 5.26 Å². The van der Waals surface area contributed by atoms with Gasteiger partial charge in [-0.1, -0.05) is 12.1 Å². The second kappa shape index (κ2) is 8.13. The highest BCUT2D eigenvalue weighted by molar-refractivity contribution is 5.67. The Morgan fingerprint density at radius 1 is 1.44 bits per heavy atom. The molecule has 0 aromatic heterocycles. The van der Waals surface area contributed by atoms with Gasteiger partial charge in [0.1, 0.15) is 11.9 Å². The van der Waals surface area contributed by atoms with Gasteiger partial charge in [0.25, 0.3) is 0 Å². The van der Waals surface area contributed by atoms with Gasteiger partial charge in [-0.05, 0) is 44.4 Å². The minimum atomic E-state index is -0.556. The van der Waals surface area contributed by atoms with Gasteiger partial charge in [-0.25, -0.2) is 4.79 Å². The van der Waals surface area contributed by atoms with Crippen LogP contribution in [0.2, 0.25) is 0 Å². The van der Waals surface area contributed by atoms with Crippen LogP contribution >= 0.6 is 0 Å². The monoisotopic (exact) mass is 343 g/mol. The molecule has 0 saturated carbocycles. The highest BCUT2D eigenvalue weighted by Crippen LogP contribution is 2.31. The number of nitrogens with zero attached hydrogens (tertiary/aromatic N) is 1. The SMILES string of the molecule is CC(C)(C)OC(=O)NCC1CNCC(c2cccc(C#N)c2)C1C=O. The van der Waals surface area contributed by atoms with Gasteiger partial charge in [0, 0.05) is 31.5 Å². The molecule has 25 heavy (non-hydrogen) atoms. The van der Waals surface area contributed by atoms with E-state index in [2.05, 4.69) is 16.7 Å². The van der Waals surface area contributed by atoms with Gasteiger partial charge >= 0.3 is 6.09 Å². The number of hydrogen-bond donors (Lipinski definition) is 2. The molecule has 6 nitrogen and oxygen atoms in total. The Morgan fingerprint density at radius 2 is 2.20 bits per heavy atom. The molecule has 2 rings (SSSR count). The van der Waals surface area contributed by atoms with Crippen molar-refractivity contribution in [2.75, 3.05) is 19.6 Å². The Bertz CT molecular complexity index is 661. The van der Waals surface area contributed by atoms with Gasteiger partial charge in [0.05, 0.1) is 11.6 Å². The average molecular weight is 343 g/mol. The number of aldehydes is 1. The van der Waals surface area contributed by atoms with E-state index >= 15 is 0 Å². The highest BCUT2D eigenvalue weighted by atomic mass is 16.6. The van der Waals surface area contributed by atoms with E-state index in [4.69, 9.17) is 10.00 Å². The smallest absolute Gasteiger partial charge is 0.407 e. The fourth-order valence-electron chi connectivity index (χ4n) is 3.15. The molecule has 3 atom stereocenters. The predicted octanol–water partition coefficient (Wildman–Crippen LogP) is 2.20. The molecular weight excluding hydrogens is 318 g/mol. The number of nitriles is 1. The largest absolute Gasteiger partial charge is 0.444 e. The summed E-state index contributed by atoms with van der Waals surface area (Å²) >= 11 is 0. The van der Waals surface area contributed by atoms with E-state index in [1.54, 1.807) is 26.8 Å². The third-order valence-electron chi connectivity index (χ3n) is 4.29. The second-order valence-corrected chi connectivity index (χ2v) is 7.36.